The molecular weight excluding hydrogens is 192 g/mol. The van der Waals surface area contributed by atoms with Crippen LogP contribution in [0.4, 0.5) is 0 Å². The van der Waals surface area contributed by atoms with Crippen molar-refractivity contribution in [3.63, 3.8) is 0 Å². The average molecular weight is 210 g/mol. The van der Waals surface area contributed by atoms with Crippen LogP contribution in [0.15, 0.2) is 0 Å². The summed E-state index contributed by atoms with van der Waals surface area (Å²) in [5.74, 6) is -0.719. The van der Waals surface area contributed by atoms with Crippen LogP contribution >= 0.6 is 0 Å². The number of likely N-dealkylation sites (tertiary alicyclic amines) is 2. The highest BCUT2D eigenvalue weighted by Crippen LogP contribution is 2.32. The number of hydrogen-bond acceptors (Lipinski definition) is 3. The highest BCUT2D eigenvalue weighted by atomic mass is 16.4. The number of rotatable bonds is 3. The van der Waals surface area contributed by atoms with Crippen LogP contribution in [-0.2, 0) is 4.79 Å². The van der Waals surface area contributed by atoms with Crippen LogP contribution in [0.25, 0.3) is 0 Å². The lowest BCUT2D eigenvalue weighted by Crippen LogP contribution is -2.55. The molecule has 0 bridgehead atoms. The quantitative estimate of drug-likeness (QED) is 0.724. The van der Waals surface area contributed by atoms with Gasteiger partial charge in [-0.3, -0.25) is 14.6 Å². The zero-order chi connectivity index (χ0) is 10.4. The summed E-state index contributed by atoms with van der Waals surface area (Å²) in [6, 6.07) is 1.51. The van der Waals surface area contributed by atoms with Gasteiger partial charge in [0.05, 0.1) is 5.92 Å². The lowest BCUT2D eigenvalue weighted by atomic mass is 9.97. The van der Waals surface area contributed by atoms with Crippen molar-refractivity contribution in [2.24, 2.45) is 5.92 Å². The van der Waals surface area contributed by atoms with Crippen molar-refractivity contribution in [1.82, 2.24) is 9.80 Å². The molecule has 84 valence electrons. The maximum atomic E-state index is 10.7. The monoisotopic (exact) mass is 210 g/mol. The fourth-order valence-electron chi connectivity index (χ4n) is 2.80. The van der Waals surface area contributed by atoms with Gasteiger partial charge in [0, 0.05) is 38.3 Å². The van der Waals surface area contributed by atoms with Crippen LogP contribution in [0.5, 0.6) is 0 Å². The first-order chi connectivity index (χ1) is 7.24. The van der Waals surface area contributed by atoms with E-state index in [0.717, 1.165) is 19.1 Å². The van der Waals surface area contributed by atoms with Crippen LogP contribution in [0.1, 0.15) is 19.3 Å². The Balaban J connectivity index is 1.47. The molecule has 3 fully saturated rings. The molecular formula is C11H18N2O2. The Kier molecular flexibility index (Phi) is 2.21. The third kappa shape index (κ3) is 1.76. The Bertz CT molecular complexity index is 272. The Morgan fingerprint density at radius 1 is 1.00 bits per heavy atom. The van der Waals surface area contributed by atoms with Crippen molar-refractivity contribution in [3.05, 3.63) is 0 Å². The Morgan fingerprint density at radius 3 is 2.33 bits per heavy atom. The summed E-state index contributed by atoms with van der Waals surface area (Å²) in [6.07, 6.45) is 4.00. The van der Waals surface area contributed by atoms with Gasteiger partial charge in [0.2, 0.25) is 0 Å². The van der Waals surface area contributed by atoms with Gasteiger partial charge in [-0.25, -0.2) is 0 Å². The zero-order valence-electron chi connectivity index (χ0n) is 8.93. The lowest BCUT2D eigenvalue weighted by Gasteiger charge is -2.41. The largest absolute Gasteiger partial charge is 0.481 e. The van der Waals surface area contributed by atoms with E-state index in [2.05, 4.69) is 9.80 Å². The normalized spacial score (nSPS) is 34.3. The second kappa shape index (κ2) is 3.46. The summed E-state index contributed by atoms with van der Waals surface area (Å²) in [4.78, 5) is 15.6. The molecule has 2 heterocycles. The van der Waals surface area contributed by atoms with Crippen molar-refractivity contribution >= 4 is 5.97 Å². The van der Waals surface area contributed by atoms with E-state index in [1.54, 1.807) is 0 Å². The van der Waals surface area contributed by atoms with Crippen LogP contribution in [-0.4, -0.2) is 59.1 Å². The molecule has 3 rings (SSSR count). The standard InChI is InChI=1S/C11H18N2O2/c14-11(15)8-5-13(6-8)10-3-4-12(7-10)9-1-2-9/h8-10H,1-7H2,(H,14,15). The molecule has 2 saturated heterocycles. The first-order valence-electron chi connectivity index (χ1n) is 5.95. The van der Waals surface area contributed by atoms with Crippen LogP contribution in [0, 0.1) is 5.92 Å². The summed E-state index contributed by atoms with van der Waals surface area (Å²) < 4.78 is 0. The van der Waals surface area contributed by atoms with E-state index >= 15 is 0 Å². The first kappa shape index (κ1) is 9.60. The Labute approximate surface area is 89.8 Å². The fourth-order valence-corrected chi connectivity index (χ4v) is 2.80. The van der Waals surface area contributed by atoms with Gasteiger partial charge in [-0.15, -0.1) is 0 Å². The molecule has 0 aromatic carbocycles. The predicted molar refractivity (Wildman–Crippen MR) is 55.7 cm³/mol. The SMILES string of the molecule is O=C(O)C1CN(C2CCN(C3CC3)C2)C1. The van der Waals surface area contributed by atoms with E-state index in [9.17, 15) is 4.79 Å². The van der Waals surface area contributed by atoms with E-state index < -0.39 is 5.97 Å². The smallest absolute Gasteiger partial charge is 0.309 e. The van der Waals surface area contributed by atoms with Gasteiger partial charge in [0.25, 0.3) is 0 Å². The van der Waals surface area contributed by atoms with Gasteiger partial charge in [0.1, 0.15) is 0 Å². The molecule has 0 aromatic rings. The third-order valence-corrected chi connectivity index (χ3v) is 4.03. The lowest BCUT2D eigenvalue weighted by molar-refractivity contribution is -0.148. The average Bonchev–Trinajstić information content (AvgIpc) is 2.84. The molecule has 0 radical (unpaired) electrons. The topological polar surface area (TPSA) is 43.8 Å². The number of carboxylic acid groups (broad SMARTS) is 1. The molecule has 2 aliphatic heterocycles. The minimum atomic E-state index is -0.622. The van der Waals surface area contributed by atoms with Gasteiger partial charge < -0.3 is 5.11 Å². The number of carbonyl (C=O) groups is 1. The number of hydrogen-bond donors (Lipinski definition) is 1. The number of aliphatic carboxylic acids is 1. The minimum absolute atomic E-state index is 0.0972. The summed E-state index contributed by atoms with van der Waals surface area (Å²) in [7, 11) is 0. The Hall–Kier alpha value is -0.610. The molecule has 4 nitrogen and oxygen atoms in total. The van der Waals surface area contributed by atoms with E-state index in [4.69, 9.17) is 5.11 Å². The van der Waals surface area contributed by atoms with Crippen molar-refractivity contribution in [3.8, 4) is 0 Å². The Morgan fingerprint density at radius 2 is 1.73 bits per heavy atom. The zero-order valence-corrected chi connectivity index (χ0v) is 8.93. The molecule has 0 amide bonds. The highest BCUT2D eigenvalue weighted by molar-refractivity contribution is 5.71. The third-order valence-electron chi connectivity index (χ3n) is 4.03. The predicted octanol–water partition coefficient (Wildman–Crippen LogP) is 0.239. The van der Waals surface area contributed by atoms with Crippen LogP contribution < -0.4 is 0 Å². The molecule has 1 saturated carbocycles. The van der Waals surface area contributed by atoms with Gasteiger partial charge in [-0.2, -0.15) is 0 Å². The summed E-state index contributed by atoms with van der Waals surface area (Å²) >= 11 is 0. The highest BCUT2D eigenvalue weighted by Gasteiger charge is 2.41. The van der Waals surface area contributed by atoms with Crippen molar-refractivity contribution in [2.45, 2.75) is 31.3 Å². The maximum Gasteiger partial charge on any atom is 0.309 e. The minimum Gasteiger partial charge on any atom is -0.481 e. The summed E-state index contributed by atoms with van der Waals surface area (Å²) in [5, 5.41) is 8.81. The van der Waals surface area contributed by atoms with E-state index in [0.29, 0.717) is 6.04 Å². The van der Waals surface area contributed by atoms with Crippen LogP contribution in [0.3, 0.4) is 0 Å². The van der Waals surface area contributed by atoms with Crippen LogP contribution in [0.2, 0.25) is 0 Å². The molecule has 15 heavy (non-hydrogen) atoms. The van der Waals surface area contributed by atoms with Gasteiger partial charge in [0.15, 0.2) is 0 Å². The second-order valence-electron chi connectivity index (χ2n) is 5.16. The first-order valence-corrected chi connectivity index (χ1v) is 5.95. The van der Waals surface area contributed by atoms with Gasteiger partial charge in [-0.05, 0) is 19.3 Å². The second-order valence-corrected chi connectivity index (χ2v) is 5.16. The molecule has 0 spiro atoms. The van der Waals surface area contributed by atoms with Crippen molar-refractivity contribution < 1.29 is 9.90 Å². The molecule has 4 heteroatoms. The number of carboxylic acids is 1. The van der Waals surface area contributed by atoms with E-state index in [1.165, 1.54) is 32.4 Å². The number of nitrogens with zero attached hydrogens (tertiary/aromatic N) is 2. The molecule has 1 atom stereocenters. The molecule has 1 aliphatic carbocycles. The fraction of sp³-hybridized carbons (Fsp3) is 0.909. The van der Waals surface area contributed by atoms with Crippen molar-refractivity contribution in [1.29, 1.82) is 0 Å². The van der Waals surface area contributed by atoms with E-state index in [-0.39, 0.29) is 5.92 Å². The molecule has 1 unspecified atom stereocenters. The molecule has 3 aliphatic rings. The van der Waals surface area contributed by atoms with Crippen molar-refractivity contribution in [2.75, 3.05) is 26.2 Å². The molecule has 1 N–H and O–H groups in total. The maximum absolute atomic E-state index is 10.7. The van der Waals surface area contributed by atoms with Gasteiger partial charge in [-0.1, -0.05) is 0 Å². The van der Waals surface area contributed by atoms with E-state index in [1.807, 2.05) is 0 Å². The van der Waals surface area contributed by atoms with Gasteiger partial charge >= 0.3 is 5.97 Å². The summed E-state index contributed by atoms with van der Waals surface area (Å²) in [5.41, 5.74) is 0. The molecule has 0 aromatic heterocycles. The summed E-state index contributed by atoms with van der Waals surface area (Å²) in [6.45, 7) is 3.96.